The summed E-state index contributed by atoms with van der Waals surface area (Å²) < 4.78 is 0.178. The predicted molar refractivity (Wildman–Crippen MR) is 203 cm³/mol. The van der Waals surface area contributed by atoms with Crippen molar-refractivity contribution in [3.05, 3.63) is 137 Å². The number of hydrogen-bond acceptors (Lipinski definition) is 4. The number of halogens is 2. The fraction of sp³-hybridized carbons (Fsp3) is 0.366. The van der Waals surface area contributed by atoms with Crippen LogP contribution in [0.15, 0.2) is 115 Å². The minimum absolute atomic E-state index is 0. The number of rotatable bonds is 10. The van der Waals surface area contributed by atoms with Crippen molar-refractivity contribution >= 4 is 41.6 Å². The second kappa shape index (κ2) is 16.1. The molecular formula is C41H49Cl2N4O3+. The van der Waals surface area contributed by atoms with Crippen LogP contribution in [-0.4, -0.2) is 58.8 Å². The van der Waals surface area contributed by atoms with E-state index < -0.39 is 5.60 Å². The SMILES string of the molecule is CC(CCC(N1CCC(O)(c2ccc(Cl)cc2)CC1)[N+]1(C(=O)Nc2ccccc2)CCC(C(N)=O)CC1)(c1ccccc1)c1ccccc1.Cl. The molecule has 1 unspecified atom stereocenters. The van der Waals surface area contributed by atoms with Crippen molar-refractivity contribution < 1.29 is 19.2 Å². The summed E-state index contributed by atoms with van der Waals surface area (Å²) in [4.78, 5) is 29.5. The molecule has 2 aliphatic rings. The molecule has 3 amide bonds. The number of likely N-dealkylation sites (tertiary alicyclic amines) is 2. The monoisotopic (exact) mass is 715 g/mol. The van der Waals surface area contributed by atoms with Gasteiger partial charge in [0, 0.05) is 54.4 Å². The van der Waals surface area contributed by atoms with Crippen molar-refractivity contribution in [3.8, 4) is 0 Å². The van der Waals surface area contributed by atoms with Crippen LogP contribution in [0.25, 0.3) is 0 Å². The number of nitrogens with zero attached hydrogens (tertiary/aromatic N) is 2. The van der Waals surface area contributed by atoms with Gasteiger partial charge in [0.1, 0.15) is 0 Å². The molecule has 9 heteroatoms. The van der Waals surface area contributed by atoms with E-state index in [1.807, 2.05) is 66.7 Å². The Bertz CT molecular complexity index is 1650. The fourth-order valence-corrected chi connectivity index (χ4v) is 8.30. The number of aliphatic hydroxyl groups is 1. The van der Waals surface area contributed by atoms with E-state index in [-0.39, 0.29) is 46.3 Å². The van der Waals surface area contributed by atoms with E-state index >= 15 is 0 Å². The first-order chi connectivity index (χ1) is 23.6. The molecule has 1 atom stereocenters. The summed E-state index contributed by atoms with van der Waals surface area (Å²) >= 11 is 6.18. The number of carbonyl (C=O) groups excluding carboxylic acids is 2. The normalized spacial score (nSPS) is 21.4. The molecule has 4 aromatic rings. The van der Waals surface area contributed by atoms with Crippen molar-refractivity contribution in [2.75, 3.05) is 31.5 Å². The standard InChI is InChI=1S/C41H47ClN4O3.ClH/c1-40(32-11-5-2-6-12-32,33-13-7-3-8-14-33)24-21-37(45-27-25-41(49,26-28-45)34-17-19-35(42)20-18-34)46(29-22-31(23-30-46)38(43)47)39(48)44-36-15-9-4-10-16-36;/h2-20,31,37,49H,21-30H2,1H3,(H2-,43,44,47,48);1H/p+1. The number of nitrogens with one attached hydrogen (secondary N) is 1. The lowest BCUT2D eigenvalue weighted by Gasteiger charge is -2.52. The van der Waals surface area contributed by atoms with E-state index in [2.05, 4.69) is 65.7 Å². The second-order valence-corrected chi connectivity index (χ2v) is 14.5. The van der Waals surface area contributed by atoms with Gasteiger partial charge in [-0.3, -0.25) is 15.0 Å². The van der Waals surface area contributed by atoms with Crippen LogP contribution in [0.1, 0.15) is 62.1 Å². The molecule has 50 heavy (non-hydrogen) atoms. The zero-order chi connectivity index (χ0) is 34.5. The number of benzene rings is 4. The van der Waals surface area contributed by atoms with Gasteiger partial charge in [0.2, 0.25) is 5.91 Å². The average Bonchev–Trinajstić information content (AvgIpc) is 3.14. The van der Waals surface area contributed by atoms with E-state index in [0.717, 1.165) is 24.1 Å². The molecule has 0 radical (unpaired) electrons. The number of urea groups is 1. The lowest BCUT2D eigenvalue weighted by atomic mass is 9.72. The number of quaternary nitrogens is 1. The highest BCUT2D eigenvalue weighted by atomic mass is 35.5. The van der Waals surface area contributed by atoms with Gasteiger partial charge in [0.05, 0.1) is 18.7 Å². The molecule has 0 saturated carbocycles. The molecule has 6 rings (SSSR count). The summed E-state index contributed by atoms with van der Waals surface area (Å²) in [5.41, 5.74) is 8.58. The first-order valence-electron chi connectivity index (χ1n) is 17.5. The van der Waals surface area contributed by atoms with Crippen LogP contribution in [0, 0.1) is 5.92 Å². The molecule has 0 bridgehead atoms. The van der Waals surface area contributed by atoms with E-state index in [9.17, 15) is 14.7 Å². The minimum atomic E-state index is -0.982. The Balaban J connectivity index is 0.00000486. The van der Waals surface area contributed by atoms with Gasteiger partial charge >= 0.3 is 6.03 Å². The second-order valence-electron chi connectivity index (χ2n) is 14.1. The minimum Gasteiger partial charge on any atom is -0.385 e. The number of primary amides is 1. The van der Waals surface area contributed by atoms with Gasteiger partial charge in [-0.25, -0.2) is 9.28 Å². The summed E-state index contributed by atoms with van der Waals surface area (Å²) in [6, 6.07) is 38.2. The van der Waals surface area contributed by atoms with Crippen molar-refractivity contribution in [1.82, 2.24) is 4.90 Å². The molecule has 2 fully saturated rings. The molecule has 2 saturated heterocycles. The Hall–Kier alpha value is -3.72. The van der Waals surface area contributed by atoms with Crippen molar-refractivity contribution in [2.24, 2.45) is 11.7 Å². The molecule has 0 spiro atoms. The zero-order valence-corrected chi connectivity index (χ0v) is 30.3. The maximum Gasteiger partial charge on any atom is 0.422 e. The molecule has 2 aliphatic heterocycles. The zero-order valence-electron chi connectivity index (χ0n) is 28.7. The summed E-state index contributed by atoms with van der Waals surface area (Å²) in [5.74, 6) is -0.559. The largest absolute Gasteiger partial charge is 0.422 e. The van der Waals surface area contributed by atoms with E-state index in [1.165, 1.54) is 11.1 Å². The van der Waals surface area contributed by atoms with E-state index in [0.29, 0.717) is 56.9 Å². The van der Waals surface area contributed by atoms with Gasteiger partial charge in [-0.2, -0.15) is 0 Å². The Morgan fingerprint density at radius 2 is 1.38 bits per heavy atom. The number of anilines is 1. The fourth-order valence-electron chi connectivity index (χ4n) is 8.17. The molecule has 0 aliphatic carbocycles. The van der Waals surface area contributed by atoms with Gasteiger partial charge in [-0.15, -0.1) is 12.4 Å². The Morgan fingerprint density at radius 3 is 1.88 bits per heavy atom. The van der Waals surface area contributed by atoms with Gasteiger partial charge < -0.3 is 10.8 Å². The van der Waals surface area contributed by atoms with Crippen LogP contribution in [0.3, 0.4) is 0 Å². The number of para-hydroxylation sites is 1. The Kier molecular flexibility index (Phi) is 12.1. The van der Waals surface area contributed by atoms with Gasteiger partial charge in [-0.1, -0.05) is 110 Å². The molecule has 4 N–H and O–H groups in total. The number of nitrogens with two attached hydrogens (primary N) is 1. The highest BCUT2D eigenvalue weighted by molar-refractivity contribution is 6.30. The Morgan fingerprint density at radius 1 is 0.880 bits per heavy atom. The van der Waals surface area contributed by atoms with Crippen molar-refractivity contribution in [1.29, 1.82) is 0 Å². The predicted octanol–water partition coefficient (Wildman–Crippen LogP) is 8.10. The molecule has 2 heterocycles. The molecule has 0 aromatic heterocycles. The van der Waals surface area contributed by atoms with Gasteiger partial charge in [-0.05, 0) is 60.2 Å². The van der Waals surface area contributed by atoms with Crippen LogP contribution in [0.2, 0.25) is 5.02 Å². The summed E-state index contributed by atoms with van der Waals surface area (Å²) in [7, 11) is 0. The summed E-state index contributed by atoms with van der Waals surface area (Å²) in [6.45, 7) is 4.55. The van der Waals surface area contributed by atoms with Crippen molar-refractivity contribution in [2.45, 2.75) is 62.6 Å². The Labute approximate surface area is 307 Å². The molecule has 4 aromatic carbocycles. The van der Waals surface area contributed by atoms with Crippen LogP contribution in [0.4, 0.5) is 10.5 Å². The summed E-state index contributed by atoms with van der Waals surface area (Å²) in [5, 5.41) is 15.7. The highest BCUT2D eigenvalue weighted by Gasteiger charge is 2.52. The third-order valence-electron chi connectivity index (χ3n) is 11.3. The van der Waals surface area contributed by atoms with Crippen LogP contribution < -0.4 is 11.1 Å². The lowest BCUT2D eigenvalue weighted by Crippen LogP contribution is -2.70. The van der Waals surface area contributed by atoms with Gasteiger partial charge in [0.15, 0.2) is 6.17 Å². The highest BCUT2D eigenvalue weighted by Crippen LogP contribution is 2.42. The number of carbonyl (C=O) groups is 2. The van der Waals surface area contributed by atoms with E-state index in [4.69, 9.17) is 17.3 Å². The quantitative estimate of drug-likeness (QED) is 0.145. The van der Waals surface area contributed by atoms with Crippen LogP contribution in [0.5, 0.6) is 0 Å². The van der Waals surface area contributed by atoms with Crippen LogP contribution in [-0.2, 0) is 15.8 Å². The smallest absolute Gasteiger partial charge is 0.385 e. The van der Waals surface area contributed by atoms with E-state index in [1.54, 1.807) is 0 Å². The number of amides is 3. The number of hydrogen-bond donors (Lipinski definition) is 3. The first kappa shape index (κ1) is 37.5. The third-order valence-corrected chi connectivity index (χ3v) is 11.6. The summed E-state index contributed by atoms with van der Waals surface area (Å²) in [6.07, 6.45) is 3.48. The van der Waals surface area contributed by atoms with Crippen LogP contribution >= 0.6 is 24.0 Å². The topological polar surface area (TPSA) is 95.7 Å². The molecule has 264 valence electrons. The molecule has 7 nitrogen and oxygen atoms in total. The third kappa shape index (κ3) is 7.93. The lowest BCUT2D eigenvalue weighted by molar-refractivity contribution is -0.892. The number of piperidine rings is 2. The molecular weight excluding hydrogens is 667 g/mol. The van der Waals surface area contributed by atoms with Gasteiger partial charge in [0.25, 0.3) is 0 Å². The maximum atomic E-state index is 14.8. The average molecular weight is 717 g/mol. The first-order valence-corrected chi connectivity index (χ1v) is 17.9. The maximum absolute atomic E-state index is 14.8. The van der Waals surface area contributed by atoms with Crippen molar-refractivity contribution in [3.63, 3.8) is 0 Å².